The summed E-state index contributed by atoms with van der Waals surface area (Å²) in [7, 11) is 1.47. The fourth-order valence-electron chi connectivity index (χ4n) is 1.76. The summed E-state index contributed by atoms with van der Waals surface area (Å²) in [6, 6.07) is 4.20. The molecule has 1 aromatic rings. The molecular formula is C14H18ClN3O3. The predicted molar refractivity (Wildman–Crippen MR) is 80.4 cm³/mol. The number of carbonyl (C=O) groups excluding carboxylic acids is 2. The van der Waals surface area contributed by atoms with E-state index in [0.717, 1.165) is 12.8 Å². The molecule has 1 unspecified atom stereocenters. The molecule has 1 aromatic carbocycles. The number of hydrogen-bond donors (Lipinski definition) is 3. The first-order valence-corrected chi connectivity index (χ1v) is 7.05. The molecule has 0 aliphatic heterocycles. The van der Waals surface area contributed by atoms with E-state index in [0.29, 0.717) is 16.3 Å². The number of benzene rings is 1. The Morgan fingerprint density at radius 3 is 2.81 bits per heavy atom. The van der Waals surface area contributed by atoms with Gasteiger partial charge in [-0.05, 0) is 31.0 Å². The van der Waals surface area contributed by atoms with Crippen LogP contribution in [0.4, 0.5) is 5.69 Å². The first-order chi connectivity index (χ1) is 10.0. The minimum Gasteiger partial charge on any atom is -0.383 e. The van der Waals surface area contributed by atoms with Gasteiger partial charge in [-0.25, -0.2) is 0 Å². The standard InChI is InChI=1S/C14H18ClN3O3/c1-21-7-12(16)14(20)18-9-4-5-11(15)10(6-9)13(19)17-8-2-3-8/h4-6,8,12H,2-3,7,16H2,1H3,(H,17,19)(H,18,20). The molecule has 4 N–H and O–H groups in total. The van der Waals surface area contributed by atoms with Crippen LogP contribution in [0.2, 0.25) is 5.02 Å². The molecule has 1 aliphatic rings. The van der Waals surface area contributed by atoms with Crippen LogP contribution in [0.15, 0.2) is 18.2 Å². The van der Waals surface area contributed by atoms with Crippen molar-refractivity contribution >= 4 is 29.1 Å². The van der Waals surface area contributed by atoms with Gasteiger partial charge in [0.05, 0.1) is 17.2 Å². The molecule has 0 radical (unpaired) electrons. The number of ether oxygens (including phenoxy) is 1. The smallest absolute Gasteiger partial charge is 0.253 e. The number of methoxy groups -OCH3 is 1. The lowest BCUT2D eigenvalue weighted by Crippen LogP contribution is -2.39. The third kappa shape index (κ3) is 4.42. The average Bonchev–Trinajstić information content (AvgIpc) is 3.25. The van der Waals surface area contributed by atoms with Crippen molar-refractivity contribution in [3.63, 3.8) is 0 Å². The lowest BCUT2D eigenvalue weighted by molar-refractivity contribution is -0.118. The van der Waals surface area contributed by atoms with E-state index in [1.54, 1.807) is 12.1 Å². The molecule has 2 amide bonds. The van der Waals surface area contributed by atoms with Crippen LogP contribution in [0.3, 0.4) is 0 Å². The van der Waals surface area contributed by atoms with Gasteiger partial charge in [0.15, 0.2) is 0 Å². The van der Waals surface area contributed by atoms with Crippen LogP contribution >= 0.6 is 11.6 Å². The van der Waals surface area contributed by atoms with Crippen molar-refractivity contribution in [3.05, 3.63) is 28.8 Å². The van der Waals surface area contributed by atoms with Gasteiger partial charge in [-0.3, -0.25) is 9.59 Å². The second-order valence-electron chi connectivity index (χ2n) is 4.99. The molecule has 1 atom stereocenters. The number of amides is 2. The van der Waals surface area contributed by atoms with Crippen LogP contribution in [0.5, 0.6) is 0 Å². The van der Waals surface area contributed by atoms with Crippen LogP contribution in [0.25, 0.3) is 0 Å². The van der Waals surface area contributed by atoms with Crippen molar-refractivity contribution < 1.29 is 14.3 Å². The molecule has 0 bridgehead atoms. The van der Waals surface area contributed by atoms with Gasteiger partial charge >= 0.3 is 0 Å². The van der Waals surface area contributed by atoms with E-state index in [-0.39, 0.29) is 24.5 Å². The fraction of sp³-hybridized carbons (Fsp3) is 0.429. The molecule has 0 aromatic heterocycles. The number of carbonyl (C=O) groups is 2. The van der Waals surface area contributed by atoms with E-state index in [9.17, 15) is 9.59 Å². The zero-order valence-corrected chi connectivity index (χ0v) is 12.4. The molecule has 0 heterocycles. The molecule has 114 valence electrons. The van der Waals surface area contributed by atoms with E-state index in [4.69, 9.17) is 22.1 Å². The van der Waals surface area contributed by atoms with Crippen molar-refractivity contribution in [2.45, 2.75) is 24.9 Å². The Morgan fingerprint density at radius 2 is 2.19 bits per heavy atom. The number of halogens is 1. The highest BCUT2D eigenvalue weighted by Crippen LogP contribution is 2.24. The monoisotopic (exact) mass is 311 g/mol. The molecule has 1 aliphatic carbocycles. The summed E-state index contributed by atoms with van der Waals surface area (Å²) in [5.41, 5.74) is 6.44. The predicted octanol–water partition coefficient (Wildman–Crippen LogP) is 1.14. The van der Waals surface area contributed by atoms with Gasteiger partial charge < -0.3 is 21.1 Å². The molecule has 1 saturated carbocycles. The fourth-order valence-corrected chi connectivity index (χ4v) is 1.96. The van der Waals surface area contributed by atoms with E-state index < -0.39 is 6.04 Å². The maximum atomic E-state index is 12.0. The molecule has 2 rings (SSSR count). The van der Waals surface area contributed by atoms with Crippen LogP contribution in [0.1, 0.15) is 23.2 Å². The Kier molecular flexibility index (Phi) is 5.17. The van der Waals surface area contributed by atoms with Gasteiger partial charge in [0.2, 0.25) is 5.91 Å². The number of hydrogen-bond acceptors (Lipinski definition) is 4. The Morgan fingerprint density at radius 1 is 1.48 bits per heavy atom. The zero-order chi connectivity index (χ0) is 15.4. The van der Waals surface area contributed by atoms with Gasteiger partial charge in [-0.1, -0.05) is 11.6 Å². The number of nitrogens with two attached hydrogens (primary N) is 1. The van der Waals surface area contributed by atoms with Crippen molar-refractivity contribution in [2.75, 3.05) is 19.0 Å². The molecule has 7 heteroatoms. The van der Waals surface area contributed by atoms with E-state index in [1.165, 1.54) is 13.2 Å². The summed E-state index contributed by atoms with van der Waals surface area (Å²) in [6.07, 6.45) is 1.98. The summed E-state index contributed by atoms with van der Waals surface area (Å²) < 4.78 is 4.82. The minimum atomic E-state index is -0.769. The Bertz CT molecular complexity index is 546. The maximum Gasteiger partial charge on any atom is 0.253 e. The molecular weight excluding hydrogens is 294 g/mol. The lowest BCUT2D eigenvalue weighted by Gasteiger charge is -2.13. The number of nitrogens with one attached hydrogen (secondary N) is 2. The highest BCUT2D eigenvalue weighted by atomic mass is 35.5. The van der Waals surface area contributed by atoms with Gasteiger partial charge in [0, 0.05) is 18.8 Å². The van der Waals surface area contributed by atoms with Crippen LogP contribution < -0.4 is 16.4 Å². The molecule has 0 spiro atoms. The van der Waals surface area contributed by atoms with E-state index >= 15 is 0 Å². The third-order valence-corrected chi connectivity index (χ3v) is 3.40. The van der Waals surface area contributed by atoms with Crippen molar-refractivity contribution in [3.8, 4) is 0 Å². The summed E-state index contributed by atoms with van der Waals surface area (Å²) in [5.74, 6) is -0.618. The minimum absolute atomic E-state index is 0.119. The second kappa shape index (κ2) is 6.89. The van der Waals surface area contributed by atoms with Crippen molar-refractivity contribution in [1.29, 1.82) is 0 Å². The van der Waals surface area contributed by atoms with Gasteiger partial charge in [0.1, 0.15) is 6.04 Å². The normalized spacial score (nSPS) is 15.4. The van der Waals surface area contributed by atoms with Gasteiger partial charge in [-0.2, -0.15) is 0 Å². The van der Waals surface area contributed by atoms with Gasteiger partial charge in [0.25, 0.3) is 5.91 Å². The quantitative estimate of drug-likeness (QED) is 0.734. The maximum absolute atomic E-state index is 12.0. The number of anilines is 1. The molecule has 1 fully saturated rings. The first-order valence-electron chi connectivity index (χ1n) is 6.67. The largest absolute Gasteiger partial charge is 0.383 e. The van der Waals surface area contributed by atoms with E-state index in [1.807, 2.05) is 0 Å². The summed E-state index contributed by atoms with van der Waals surface area (Å²) in [6.45, 7) is 0.119. The van der Waals surface area contributed by atoms with Gasteiger partial charge in [-0.15, -0.1) is 0 Å². The topological polar surface area (TPSA) is 93.4 Å². The molecule has 6 nitrogen and oxygen atoms in total. The third-order valence-electron chi connectivity index (χ3n) is 3.07. The lowest BCUT2D eigenvalue weighted by atomic mass is 10.1. The summed E-state index contributed by atoms with van der Waals surface area (Å²) in [4.78, 5) is 23.8. The summed E-state index contributed by atoms with van der Waals surface area (Å²) >= 11 is 6.03. The SMILES string of the molecule is COCC(N)C(=O)Nc1ccc(Cl)c(C(=O)NC2CC2)c1. The van der Waals surface area contributed by atoms with Crippen LogP contribution in [-0.4, -0.2) is 37.6 Å². The Labute approximate surface area is 128 Å². The second-order valence-corrected chi connectivity index (χ2v) is 5.40. The van der Waals surface area contributed by atoms with Crippen LogP contribution in [0, 0.1) is 0 Å². The van der Waals surface area contributed by atoms with E-state index in [2.05, 4.69) is 10.6 Å². The van der Waals surface area contributed by atoms with Crippen LogP contribution in [-0.2, 0) is 9.53 Å². The average molecular weight is 312 g/mol. The zero-order valence-electron chi connectivity index (χ0n) is 11.7. The van der Waals surface area contributed by atoms with Crippen molar-refractivity contribution in [1.82, 2.24) is 5.32 Å². The number of rotatable bonds is 6. The first kappa shape index (κ1) is 15.8. The van der Waals surface area contributed by atoms with Crippen molar-refractivity contribution in [2.24, 2.45) is 5.73 Å². The highest BCUT2D eigenvalue weighted by molar-refractivity contribution is 6.34. The molecule has 21 heavy (non-hydrogen) atoms. The summed E-state index contributed by atoms with van der Waals surface area (Å²) in [5, 5.41) is 5.83. The Balaban J connectivity index is 2.06. The molecule has 0 saturated heterocycles. The highest BCUT2D eigenvalue weighted by Gasteiger charge is 2.25. The Hall–Kier alpha value is -1.63.